The van der Waals surface area contributed by atoms with Crippen LogP contribution in [0.5, 0.6) is 5.75 Å². The van der Waals surface area contributed by atoms with E-state index in [9.17, 15) is 4.79 Å². The second kappa shape index (κ2) is 5.78. The zero-order valence-corrected chi connectivity index (χ0v) is 11.3. The van der Waals surface area contributed by atoms with E-state index in [1.165, 1.54) is 0 Å². The van der Waals surface area contributed by atoms with Crippen molar-refractivity contribution in [1.29, 1.82) is 0 Å². The van der Waals surface area contributed by atoms with Gasteiger partial charge in [0.2, 0.25) is 0 Å². The van der Waals surface area contributed by atoms with Gasteiger partial charge in [0.1, 0.15) is 5.75 Å². The first-order valence-electron chi connectivity index (χ1n) is 5.57. The predicted octanol–water partition coefficient (Wildman–Crippen LogP) is 2.28. The summed E-state index contributed by atoms with van der Waals surface area (Å²) in [6.45, 7) is 2.88. The van der Waals surface area contributed by atoms with E-state index in [1.54, 1.807) is 25.1 Å². The van der Waals surface area contributed by atoms with Gasteiger partial charge in [-0.2, -0.15) is 0 Å². The summed E-state index contributed by atoms with van der Waals surface area (Å²) in [6.07, 6.45) is -0.470. The lowest BCUT2D eigenvalue weighted by atomic mass is 10.3. The van der Waals surface area contributed by atoms with E-state index >= 15 is 0 Å². The third-order valence-corrected chi connectivity index (χ3v) is 3.00. The molecule has 1 fully saturated rings. The first-order chi connectivity index (χ1) is 8.56. The summed E-state index contributed by atoms with van der Waals surface area (Å²) in [7, 11) is 0. The molecule has 0 aromatic heterocycles. The minimum absolute atomic E-state index is 0.153. The number of hydrogen-bond donors (Lipinski definition) is 1. The van der Waals surface area contributed by atoms with Gasteiger partial charge in [-0.1, -0.05) is 23.2 Å². The summed E-state index contributed by atoms with van der Waals surface area (Å²) in [4.78, 5) is 11.7. The molecule has 98 valence electrons. The summed E-state index contributed by atoms with van der Waals surface area (Å²) >= 11 is 11.7. The number of carbonyl (C=O) groups is 1. The van der Waals surface area contributed by atoms with E-state index in [0.29, 0.717) is 28.9 Å². The molecular formula is C12H13Cl2NO3. The number of nitrogens with one attached hydrogen (secondary N) is 1. The molecule has 0 bridgehead atoms. The van der Waals surface area contributed by atoms with Crippen LogP contribution in [0, 0.1) is 0 Å². The Kier molecular flexibility index (Phi) is 4.32. The van der Waals surface area contributed by atoms with Crippen molar-refractivity contribution in [3.63, 3.8) is 0 Å². The number of rotatable bonds is 5. The van der Waals surface area contributed by atoms with E-state index in [1.807, 2.05) is 0 Å². The number of benzene rings is 1. The molecule has 1 aliphatic heterocycles. The third-order valence-electron chi connectivity index (χ3n) is 2.47. The topological polar surface area (TPSA) is 50.9 Å². The number of hydrogen-bond acceptors (Lipinski definition) is 3. The van der Waals surface area contributed by atoms with Gasteiger partial charge in [0.15, 0.2) is 6.10 Å². The van der Waals surface area contributed by atoms with Gasteiger partial charge in [0.25, 0.3) is 5.91 Å². The lowest BCUT2D eigenvalue weighted by Gasteiger charge is -2.15. The first-order valence-corrected chi connectivity index (χ1v) is 6.33. The standard InChI is InChI=1S/C12H13Cl2NO3/c1-7(12(16)15-5-9-6-17-9)18-11-3-2-8(13)4-10(11)14/h2-4,7,9H,5-6H2,1H3,(H,15,16). The average Bonchev–Trinajstić information content (AvgIpc) is 3.13. The normalized spacial score (nSPS) is 19.2. The molecule has 0 saturated carbocycles. The molecule has 1 saturated heterocycles. The van der Waals surface area contributed by atoms with E-state index < -0.39 is 6.10 Å². The summed E-state index contributed by atoms with van der Waals surface area (Å²) in [5, 5.41) is 3.64. The molecule has 1 aromatic carbocycles. The van der Waals surface area contributed by atoms with E-state index in [4.69, 9.17) is 32.7 Å². The molecule has 0 radical (unpaired) electrons. The number of epoxide rings is 1. The zero-order chi connectivity index (χ0) is 13.1. The maximum absolute atomic E-state index is 11.7. The number of amides is 1. The van der Waals surface area contributed by atoms with Gasteiger partial charge in [-0.25, -0.2) is 0 Å². The number of ether oxygens (including phenoxy) is 2. The molecule has 2 unspecified atom stereocenters. The van der Waals surface area contributed by atoms with Gasteiger partial charge < -0.3 is 14.8 Å². The highest BCUT2D eigenvalue weighted by Gasteiger charge is 2.24. The summed E-state index contributed by atoms with van der Waals surface area (Å²) in [6, 6.07) is 4.87. The molecule has 0 spiro atoms. The summed E-state index contributed by atoms with van der Waals surface area (Å²) in [5.74, 6) is 0.239. The monoisotopic (exact) mass is 289 g/mol. The second-order valence-electron chi connectivity index (χ2n) is 4.04. The fourth-order valence-electron chi connectivity index (χ4n) is 1.36. The first kappa shape index (κ1) is 13.5. The largest absolute Gasteiger partial charge is 0.479 e. The molecular weight excluding hydrogens is 277 g/mol. The van der Waals surface area contributed by atoms with Gasteiger partial charge in [0, 0.05) is 11.6 Å². The van der Waals surface area contributed by atoms with Crippen molar-refractivity contribution in [3.05, 3.63) is 28.2 Å². The Balaban J connectivity index is 1.88. The average molecular weight is 290 g/mol. The van der Waals surface area contributed by atoms with Gasteiger partial charge in [0.05, 0.1) is 17.7 Å². The van der Waals surface area contributed by atoms with Crippen molar-refractivity contribution >= 4 is 29.1 Å². The van der Waals surface area contributed by atoms with Gasteiger partial charge in [-0.05, 0) is 25.1 Å². The van der Waals surface area contributed by atoms with E-state index in [2.05, 4.69) is 5.32 Å². The molecule has 18 heavy (non-hydrogen) atoms. The second-order valence-corrected chi connectivity index (χ2v) is 4.88. The van der Waals surface area contributed by atoms with Crippen LogP contribution in [0.1, 0.15) is 6.92 Å². The van der Waals surface area contributed by atoms with Crippen LogP contribution in [0.15, 0.2) is 18.2 Å². The van der Waals surface area contributed by atoms with Crippen LogP contribution in [0.25, 0.3) is 0 Å². The number of halogens is 2. The zero-order valence-electron chi connectivity index (χ0n) is 9.78. The molecule has 6 heteroatoms. The fourth-order valence-corrected chi connectivity index (χ4v) is 1.81. The Labute approximate surface area is 115 Å². The van der Waals surface area contributed by atoms with E-state index in [0.717, 1.165) is 0 Å². The van der Waals surface area contributed by atoms with E-state index in [-0.39, 0.29) is 12.0 Å². The molecule has 1 heterocycles. The van der Waals surface area contributed by atoms with Crippen LogP contribution in [0.4, 0.5) is 0 Å². The molecule has 2 atom stereocenters. The highest BCUT2D eigenvalue weighted by atomic mass is 35.5. The van der Waals surface area contributed by atoms with Gasteiger partial charge in [-0.15, -0.1) is 0 Å². The molecule has 1 N–H and O–H groups in total. The lowest BCUT2D eigenvalue weighted by molar-refractivity contribution is -0.127. The highest BCUT2D eigenvalue weighted by molar-refractivity contribution is 6.35. The van der Waals surface area contributed by atoms with Crippen LogP contribution >= 0.6 is 23.2 Å². The van der Waals surface area contributed by atoms with Crippen molar-refractivity contribution in [2.75, 3.05) is 13.2 Å². The summed E-state index contributed by atoms with van der Waals surface area (Å²) < 4.78 is 10.5. The quantitative estimate of drug-likeness (QED) is 0.846. The Morgan fingerprint density at radius 3 is 2.94 bits per heavy atom. The Bertz CT molecular complexity index is 449. The van der Waals surface area contributed by atoms with Crippen LogP contribution in [-0.2, 0) is 9.53 Å². The van der Waals surface area contributed by atoms with Crippen molar-refractivity contribution in [2.24, 2.45) is 0 Å². The minimum Gasteiger partial charge on any atom is -0.479 e. The molecule has 1 aliphatic rings. The van der Waals surface area contributed by atoms with Crippen molar-refractivity contribution in [2.45, 2.75) is 19.1 Å². The van der Waals surface area contributed by atoms with Gasteiger partial charge in [-0.3, -0.25) is 4.79 Å². The van der Waals surface area contributed by atoms with Crippen LogP contribution in [0.2, 0.25) is 10.0 Å². The van der Waals surface area contributed by atoms with Crippen LogP contribution in [-0.4, -0.2) is 31.3 Å². The Morgan fingerprint density at radius 2 is 2.33 bits per heavy atom. The van der Waals surface area contributed by atoms with Crippen LogP contribution in [0.3, 0.4) is 0 Å². The SMILES string of the molecule is CC(Oc1ccc(Cl)cc1Cl)C(=O)NCC1CO1. The molecule has 1 amide bonds. The smallest absolute Gasteiger partial charge is 0.260 e. The fraction of sp³-hybridized carbons (Fsp3) is 0.417. The third kappa shape index (κ3) is 3.77. The van der Waals surface area contributed by atoms with Crippen LogP contribution < -0.4 is 10.1 Å². The number of carbonyl (C=O) groups excluding carboxylic acids is 1. The van der Waals surface area contributed by atoms with Gasteiger partial charge >= 0.3 is 0 Å². The maximum atomic E-state index is 11.7. The highest BCUT2D eigenvalue weighted by Crippen LogP contribution is 2.28. The Morgan fingerprint density at radius 1 is 1.61 bits per heavy atom. The van der Waals surface area contributed by atoms with Crippen molar-refractivity contribution in [1.82, 2.24) is 5.32 Å². The summed E-state index contributed by atoms with van der Waals surface area (Å²) in [5.41, 5.74) is 0. The predicted molar refractivity (Wildman–Crippen MR) is 69.3 cm³/mol. The molecule has 0 aliphatic carbocycles. The molecule has 4 nitrogen and oxygen atoms in total. The minimum atomic E-state index is -0.623. The van der Waals surface area contributed by atoms with Crippen molar-refractivity contribution < 1.29 is 14.3 Å². The lowest BCUT2D eigenvalue weighted by Crippen LogP contribution is -2.38. The molecule has 1 aromatic rings. The maximum Gasteiger partial charge on any atom is 0.260 e. The van der Waals surface area contributed by atoms with Crippen molar-refractivity contribution in [3.8, 4) is 5.75 Å². The Hall–Kier alpha value is -0.970. The molecule has 2 rings (SSSR count).